The largest absolute Gasteiger partial charge is 0.508 e. The minimum atomic E-state index is -0.771. The molecule has 1 unspecified atom stereocenters. The fraction of sp³-hybridized carbons (Fsp3) is 0.172. The summed E-state index contributed by atoms with van der Waals surface area (Å²) in [6.45, 7) is 4.34. The number of aliphatic imine (C=N–C) groups is 1. The van der Waals surface area contributed by atoms with Gasteiger partial charge in [0.05, 0.1) is 17.2 Å². The number of anilines is 1. The maximum Gasteiger partial charge on any atom is 0.344 e. The Labute approximate surface area is 203 Å². The molecule has 0 aliphatic carbocycles. The van der Waals surface area contributed by atoms with Crippen molar-refractivity contribution in [1.29, 1.82) is 0 Å². The van der Waals surface area contributed by atoms with Gasteiger partial charge in [0, 0.05) is 18.1 Å². The van der Waals surface area contributed by atoms with E-state index in [1.54, 1.807) is 18.2 Å². The summed E-state index contributed by atoms with van der Waals surface area (Å²) < 4.78 is 12.3. The summed E-state index contributed by atoms with van der Waals surface area (Å²) in [5.41, 5.74) is 2.33. The van der Waals surface area contributed by atoms with Crippen LogP contribution in [0.2, 0.25) is 0 Å². The Morgan fingerprint density at radius 1 is 0.943 bits per heavy atom. The lowest BCUT2D eigenvalue weighted by molar-refractivity contribution is 0.0736. The Balaban J connectivity index is 1.40. The van der Waals surface area contributed by atoms with Gasteiger partial charge in [-0.15, -0.1) is 0 Å². The average Bonchev–Trinajstić information content (AvgIpc) is 3.03. The first-order chi connectivity index (χ1) is 16.8. The molecule has 0 aromatic heterocycles. The molecule has 174 valence electrons. The van der Waals surface area contributed by atoms with Crippen LogP contribution in [0, 0.1) is 0 Å². The maximum absolute atomic E-state index is 13.0. The molecule has 2 aliphatic heterocycles. The summed E-state index contributed by atoms with van der Waals surface area (Å²) >= 11 is 0. The second-order valence-corrected chi connectivity index (χ2v) is 9.45. The summed E-state index contributed by atoms with van der Waals surface area (Å²) in [5, 5.41) is 11.0. The maximum atomic E-state index is 13.0. The molecular weight excluding hydrogens is 440 g/mol. The van der Waals surface area contributed by atoms with Crippen molar-refractivity contribution in [3.63, 3.8) is 0 Å². The van der Waals surface area contributed by atoms with E-state index in [1.165, 1.54) is 17.7 Å². The SMILES string of the molecule is CN1c2ccccc2C(C)(C)C12C=Nc1c(ccc3c(C(=O)Oc4ccc(O)cc4)cccc13)O2. The number of hydrogen-bond acceptors (Lipinski definition) is 6. The van der Waals surface area contributed by atoms with Gasteiger partial charge >= 0.3 is 5.97 Å². The van der Waals surface area contributed by atoms with Gasteiger partial charge in [-0.3, -0.25) is 4.99 Å². The van der Waals surface area contributed by atoms with Crippen molar-refractivity contribution in [2.45, 2.75) is 25.0 Å². The number of nitrogens with zero attached hydrogens (tertiary/aromatic N) is 2. The smallest absolute Gasteiger partial charge is 0.344 e. The number of rotatable bonds is 2. The summed E-state index contributed by atoms with van der Waals surface area (Å²) in [7, 11) is 2.03. The van der Waals surface area contributed by atoms with Gasteiger partial charge in [-0.05, 0) is 73.3 Å². The number of para-hydroxylation sites is 1. The van der Waals surface area contributed by atoms with E-state index in [0.717, 1.165) is 16.5 Å². The topological polar surface area (TPSA) is 71.4 Å². The molecule has 2 heterocycles. The molecule has 1 atom stereocenters. The van der Waals surface area contributed by atoms with Crippen molar-refractivity contribution in [3.8, 4) is 17.2 Å². The fourth-order valence-electron chi connectivity index (χ4n) is 5.27. The lowest BCUT2D eigenvalue weighted by atomic mass is 9.77. The Morgan fingerprint density at radius 3 is 2.49 bits per heavy atom. The average molecular weight is 465 g/mol. The molecule has 1 spiro atoms. The van der Waals surface area contributed by atoms with E-state index in [1.807, 2.05) is 49.7 Å². The summed E-state index contributed by atoms with van der Waals surface area (Å²) in [6, 6.07) is 23.6. The molecule has 0 fully saturated rings. The number of likely N-dealkylation sites (N-methyl/N-ethyl adjacent to an activating group) is 1. The number of esters is 1. The lowest BCUT2D eigenvalue weighted by Crippen LogP contribution is -2.61. The Morgan fingerprint density at radius 2 is 1.71 bits per heavy atom. The molecule has 0 amide bonds. The number of hydrogen-bond donors (Lipinski definition) is 1. The zero-order valence-electron chi connectivity index (χ0n) is 19.6. The first kappa shape index (κ1) is 21.2. The highest BCUT2D eigenvalue weighted by Crippen LogP contribution is 2.54. The zero-order valence-corrected chi connectivity index (χ0v) is 19.6. The van der Waals surface area contributed by atoms with Crippen LogP contribution in [-0.4, -0.2) is 30.1 Å². The van der Waals surface area contributed by atoms with Crippen molar-refractivity contribution in [2.24, 2.45) is 4.99 Å². The van der Waals surface area contributed by atoms with E-state index >= 15 is 0 Å². The zero-order chi connectivity index (χ0) is 24.4. The van der Waals surface area contributed by atoms with E-state index in [-0.39, 0.29) is 11.2 Å². The van der Waals surface area contributed by atoms with Crippen molar-refractivity contribution in [3.05, 3.63) is 90.0 Å². The predicted octanol–water partition coefficient (Wildman–Crippen LogP) is 5.98. The molecule has 2 aliphatic rings. The third kappa shape index (κ3) is 2.96. The molecule has 0 bridgehead atoms. The van der Waals surface area contributed by atoms with Crippen molar-refractivity contribution < 1.29 is 19.4 Å². The van der Waals surface area contributed by atoms with Gasteiger partial charge in [-0.25, -0.2) is 4.79 Å². The Bertz CT molecular complexity index is 1520. The van der Waals surface area contributed by atoms with Crippen LogP contribution in [0.15, 0.2) is 83.9 Å². The van der Waals surface area contributed by atoms with Crippen molar-refractivity contribution in [2.75, 3.05) is 11.9 Å². The van der Waals surface area contributed by atoms with Gasteiger partial charge in [-0.2, -0.15) is 0 Å². The number of fused-ring (bicyclic) bond motifs is 4. The molecule has 0 saturated carbocycles. The summed E-state index contributed by atoms with van der Waals surface area (Å²) in [4.78, 5) is 20.0. The second-order valence-electron chi connectivity index (χ2n) is 9.45. The standard InChI is InChI=1S/C29H24N2O4/c1-28(2)23-9-4-5-10-24(23)31(3)29(28)17-30-26-21-7-6-8-22(20(21)15-16-25(26)35-29)27(33)34-19-13-11-18(32)12-14-19/h4-17,32H,1-3H3. The van der Waals surface area contributed by atoms with E-state index in [2.05, 4.69) is 30.9 Å². The molecule has 4 aromatic carbocycles. The molecule has 4 aromatic rings. The van der Waals surface area contributed by atoms with Gasteiger partial charge < -0.3 is 19.5 Å². The molecule has 0 saturated heterocycles. The van der Waals surface area contributed by atoms with Gasteiger partial charge in [0.15, 0.2) is 0 Å². The monoisotopic (exact) mass is 464 g/mol. The van der Waals surface area contributed by atoms with E-state index < -0.39 is 11.7 Å². The third-order valence-corrected chi connectivity index (χ3v) is 7.23. The number of phenolic OH excluding ortho intramolecular Hbond substituents is 1. The lowest BCUT2D eigenvalue weighted by Gasteiger charge is -2.45. The molecule has 6 rings (SSSR count). The molecule has 35 heavy (non-hydrogen) atoms. The van der Waals surface area contributed by atoms with Crippen LogP contribution < -0.4 is 14.4 Å². The summed E-state index contributed by atoms with van der Waals surface area (Å²) in [6.07, 6.45) is 1.89. The first-order valence-electron chi connectivity index (χ1n) is 11.5. The third-order valence-electron chi connectivity index (χ3n) is 7.23. The minimum absolute atomic E-state index is 0.108. The number of benzene rings is 4. The fourth-order valence-corrected chi connectivity index (χ4v) is 5.27. The second kappa shape index (κ2) is 7.34. The number of carbonyl (C=O) groups excluding carboxylic acids is 1. The number of aromatic hydroxyl groups is 1. The van der Waals surface area contributed by atoms with E-state index in [9.17, 15) is 9.90 Å². The Hall–Kier alpha value is -4.32. The van der Waals surface area contributed by atoms with Crippen LogP contribution in [0.3, 0.4) is 0 Å². The van der Waals surface area contributed by atoms with Crippen molar-refractivity contribution >= 4 is 34.3 Å². The van der Waals surface area contributed by atoms with E-state index in [4.69, 9.17) is 14.5 Å². The van der Waals surface area contributed by atoms with Crippen LogP contribution in [0.1, 0.15) is 29.8 Å². The van der Waals surface area contributed by atoms with E-state index in [0.29, 0.717) is 22.7 Å². The van der Waals surface area contributed by atoms with Gasteiger partial charge in [0.2, 0.25) is 5.72 Å². The predicted molar refractivity (Wildman–Crippen MR) is 136 cm³/mol. The van der Waals surface area contributed by atoms with Gasteiger partial charge in [0.25, 0.3) is 0 Å². The molecule has 1 N–H and O–H groups in total. The van der Waals surface area contributed by atoms with Gasteiger partial charge in [0.1, 0.15) is 22.9 Å². The number of ether oxygens (including phenoxy) is 2. The first-order valence-corrected chi connectivity index (χ1v) is 11.5. The quantitative estimate of drug-likeness (QED) is 0.292. The van der Waals surface area contributed by atoms with Crippen LogP contribution in [-0.2, 0) is 5.41 Å². The molecular formula is C29H24N2O4. The normalized spacial score (nSPS) is 19.3. The molecule has 6 heteroatoms. The highest BCUT2D eigenvalue weighted by atomic mass is 16.5. The van der Waals surface area contributed by atoms with Crippen LogP contribution in [0.4, 0.5) is 11.4 Å². The number of phenols is 1. The molecule has 0 radical (unpaired) electrons. The summed E-state index contributed by atoms with van der Waals surface area (Å²) in [5.74, 6) is 0.649. The van der Waals surface area contributed by atoms with Crippen LogP contribution >= 0.6 is 0 Å². The number of carbonyl (C=O) groups is 1. The van der Waals surface area contributed by atoms with Crippen LogP contribution in [0.5, 0.6) is 17.2 Å². The molecule has 6 nitrogen and oxygen atoms in total. The van der Waals surface area contributed by atoms with Crippen LogP contribution in [0.25, 0.3) is 10.8 Å². The minimum Gasteiger partial charge on any atom is -0.508 e. The van der Waals surface area contributed by atoms with Crippen molar-refractivity contribution in [1.82, 2.24) is 0 Å². The highest BCUT2D eigenvalue weighted by molar-refractivity contribution is 6.10. The van der Waals surface area contributed by atoms with Gasteiger partial charge in [-0.1, -0.05) is 30.3 Å². The highest BCUT2D eigenvalue weighted by Gasteiger charge is 2.58. The Kier molecular flexibility index (Phi) is 4.45.